The summed E-state index contributed by atoms with van der Waals surface area (Å²) in [5, 5.41) is 2.98. The van der Waals surface area contributed by atoms with E-state index in [1.165, 1.54) is 0 Å². The van der Waals surface area contributed by atoms with Gasteiger partial charge in [-0.2, -0.15) is 0 Å². The molecule has 1 atom stereocenters. The first-order valence-electron chi connectivity index (χ1n) is 9.04. The van der Waals surface area contributed by atoms with Gasteiger partial charge in [0.15, 0.2) is 0 Å². The van der Waals surface area contributed by atoms with Crippen LogP contribution in [0, 0.1) is 0 Å². The number of amides is 1. The molecule has 2 aromatic rings. The second-order valence-corrected chi connectivity index (χ2v) is 9.38. The molecule has 0 saturated heterocycles. The molecule has 27 heavy (non-hydrogen) atoms. The van der Waals surface area contributed by atoms with Crippen molar-refractivity contribution in [1.29, 1.82) is 0 Å². The molecule has 2 N–H and O–H groups in total. The van der Waals surface area contributed by atoms with Gasteiger partial charge in [-0.05, 0) is 57.4 Å². The Hall–Kier alpha value is -2.18. The molecule has 5 nitrogen and oxygen atoms in total. The zero-order valence-corrected chi connectivity index (χ0v) is 17.1. The number of benzene rings is 2. The van der Waals surface area contributed by atoms with Gasteiger partial charge in [0.25, 0.3) is 0 Å². The Labute approximate surface area is 162 Å². The molecule has 2 rings (SSSR count). The monoisotopic (exact) mass is 388 g/mol. The van der Waals surface area contributed by atoms with Crippen molar-refractivity contribution in [2.45, 2.75) is 57.0 Å². The van der Waals surface area contributed by atoms with Crippen LogP contribution in [-0.4, -0.2) is 19.9 Å². The summed E-state index contributed by atoms with van der Waals surface area (Å²) in [6.07, 6.45) is 0.907. The first-order valence-corrected chi connectivity index (χ1v) is 10.5. The van der Waals surface area contributed by atoms with E-state index < -0.39 is 15.6 Å². The normalized spacial score (nSPS) is 13.2. The first-order chi connectivity index (χ1) is 12.6. The Bertz CT molecular complexity index is 855. The van der Waals surface area contributed by atoms with E-state index >= 15 is 0 Å². The van der Waals surface area contributed by atoms with Crippen LogP contribution >= 0.6 is 0 Å². The highest BCUT2D eigenvalue weighted by Crippen LogP contribution is 2.15. The second kappa shape index (κ2) is 8.67. The number of carbonyl (C=O) groups is 1. The number of aryl methyl sites for hydroxylation is 1. The van der Waals surface area contributed by atoms with E-state index in [1.54, 1.807) is 45.0 Å². The van der Waals surface area contributed by atoms with Crippen LogP contribution in [0.15, 0.2) is 59.5 Å². The lowest BCUT2D eigenvalue weighted by Gasteiger charge is -2.20. The van der Waals surface area contributed by atoms with Gasteiger partial charge in [-0.15, -0.1) is 0 Å². The standard InChI is InChI=1S/C21H28N2O3S/c1-16(18-8-6-5-7-9-18)22-20(24)15-12-17-10-13-19(14-11-17)27(25,26)23-21(2,3)4/h5-11,13-14,16,23H,12,15H2,1-4H3,(H,22,24)/t16-/m1/s1. The molecule has 0 spiro atoms. The number of hydrogen-bond donors (Lipinski definition) is 2. The predicted octanol–water partition coefficient (Wildman–Crippen LogP) is 3.57. The van der Waals surface area contributed by atoms with Crippen molar-refractivity contribution in [1.82, 2.24) is 10.0 Å². The molecule has 0 aliphatic carbocycles. The molecule has 2 aromatic carbocycles. The summed E-state index contributed by atoms with van der Waals surface area (Å²) in [5.74, 6) is -0.0301. The minimum absolute atomic E-state index is 0.0301. The van der Waals surface area contributed by atoms with E-state index in [0.717, 1.165) is 11.1 Å². The molecule has 146 valence electrons. The maximum Gasteiger partial charge on any atom is 0.241 e. The average Bonchev–Trinajstić information content (AvgIpc) is 2.59. The maximum atomic E-state index is 12.3. The highest BCUT2D eigenvalue weighted by atomic mass is 32.2. The fraction of sp³-hybridized carbons (Fsp3) is 0.381. The van der Waals surface area contributed by atoms with Crippen molar-refractivity contribution in [3.63, 3.8) is 0 Å². The molecule has 0 bridgehead atoms. The lowest BCUT2D eigenvalue weighted by atomic mass is 10.1. The fourth-order valence-corrected chi connectivity index (χ4v) is 4.11. The quantitative estimate of drug-likeness (QED) is 0.761. The van der Waals surface area contributed by atoms with E-state index in [-0.39, 0.29) is 16.8 Å². The van der Waals surface area contributed by atoms with Gasteiger partial charge in [0.05, 0.1) is 10.9 Å². The number of rotatable bonds is 7. The van der Waals surface area contributed by atoms with Gasteiger partial charge in [-0.3, -0.25) is 4.79 Å². The van der Waals surface area contributed by atoms with Crippen LogP contribution < -0.4 is 10.0 Å². The molecular weight excluding hydrogens is 360 g/mol. The summed E-state index contributed by atoms with van der Waals surface area (Å²) in [7, 11) is -3.54. The molecule has 0 fully saturated rings. The van der Waals surface area contributed by atoms with E-state index in [1.807, 2.05) is 37.3 Å². The van der Waals surface area contributed by atoms with E-state index in [4.69, 9.17) is 0 Å². The molecule has 1 amide bonds. The Kier molecular flexibility index (Phi) is 6.78. The summed E-state index contributed by atoms with van der Waals surface area (Å²) in [6.45, 7) is 7.35. The summed E-state index contributed by atoms with van der Waals surface area (Å²) < 4.78 is 27.2. The molecule has 0 aliphatic heterocycles. The van der Waals surface area contributed by atoms with Gasteiger partial charge in [0.2, 0.25) is 15.9 Å². The summed E-state index contributed by atoms with van der Waals surface area (Å²) >= 11 is 0. The topological polar surface area (TPSA) is 75.3 Å². The molecule has 0 radical (unpaired) electrons. The zero-order valence-electron chi connectivity index (χ0n) is 16.3. The van der Waals surface area contributed by atoms with Gasteiger partial charge in [-0.1, -0.05) is 42.5 Å². The third-order valence-electron chi connectivity index (χ3n) is 3.99. The van der Waals surface area contributed by atoms with Crippen LogP contribution in [0.2, 0.25) is 0 Å². The number of hydrogen-bond acceptors (Lipinski definition) is 3. The molecule has 6 heteroatoms. The first kappa shape index (κ1) is 21.1. The van der Waals surface area contributed by atoms with Crippen LogP contribution in [0.25, 0.3) is 0 Å². The Morgan fingerprint density at radius 1 is 1.00 bits per heavy atom. The molecule has 0 aliphatic rings. The van der Waals surface area contributed by atoms with E-state index in [9.17, 15) is 13.2 Å². The number of carbonyl (C=O) groups excluding carboxylic acids is 1. The highest BCUT2D eigenvalue weighted by molar-refractivity contribution is 7.89. The van der Waals surface area contributed by atoms with Gasteiger partial charge < -0.3 is 5.32 Å². The third-order valence-corrected chi connectivity index (χ3v) is 5.77. The smallest absolute Gasteiger partial charge is 0.241 e. The lowest BCUT2D eigenvalue weighted by molar-refractivity contribution is -0.121. The van der Waals surface area contributed by atoms with Crippen LogP contribution in [0.3, 0.4) is 0 Å². The van der Waals surface area contributed by atoms with Crippen molar-refractivity contribution in [2.75, 3.05) is 0 Å². The van der Waals surface area contributed by atoms with Crippen LogP contribution in [-0.2, 0) is 21.2 Å². The zero-order chi connectivity index (χ0) is 20.1. The van der Waals surface area contributed by atoms with Crippen LogP contribution in [0.1, 0.15) is 51.3 Å². The van der Waals surface area contributed by atoms with Gasteiger partial charge >= 0.3 is 0 Å². The predicted molar refractivity (Wildman–Crippen MR) is 108 cm³/mol. The molecule has 0 saturated carbocycles. The Morgan fingerprint density at radius 2 is 1.59 bits per heavy atom. The number of sulfonamides is 1. The van der Waals surface area contributed by atoms with Crippen LogP contribution in [0.5, 0.6) is 0 Å². The van der Waals surface area contributed by atoms with Crippen molar-refractivity contribution in [2.24, 2.45) is 0 Å². The Balaban J connectivity index is 1.90. The van der Waals surface area contributed by atoms with Gasteiger partial charge in [0.1, 0.15) is 0 Å². The lowest BCUT2D eigenvalue weighted by Crippen LogP contribution is -2.40. The van der Waals surface area contributed by atoms with Crippen molar-refractivity contribution < 1.29 is 13.2 Å². The van der Waals surface area contributed by atoms with Crippen LogP contribution in [0.4, 0.5) is 0 Å². The average molecular weight is 389 g/mol. The van der Waals surface area contributed by atoms with Crippen molar-refractivity contribution in [3.05, 3.63) is 65.7 Å². The third kappa shape index (κ3) is 6.81. The van der Waals surface area contributed by atoms with E-state index in [2.05, 4.69) is 10.0 Å². The maximum absolute atomic E-state index is 12.3. The SMILES string of the molecule is C[C@@H](NC(=O)CCc1ccc(S(=O)(=O)NC(C)(C)C)cc1)c1ccccc1. The second-order valence-electron chi connectivity index (χ2n) is 7.70. The minimum Gasteiger partial charge on any atom is -0.350 e. The summed E-state index contributed by atoms with van der Waals surface area (Å²) in [4.78, 5) is 12.4. The summed E-state index contributed by atoms with van der Waals surface area (Å²) in [6, 6.07) is 16.4. The minimum atomic E-state index is -3.54. The van der Waals surface area contributed by atoms with Crippen molar-refractivity contribution in [3.8, 4) is 0 Å². The van der Waals surface area contributed by atoms with E-state index in [0.29, 0.717) is 12.8 Å². The highest BCUT2D eigenvalue weighted by Gasteiger charge is 2.21. The fourth-order valence-electron chi connectivity index (χ4n) is 2.69. The summed E-state index contributed by atoms with van der Waals surface area (Å²) in [5.41, 5.74) is 1.45. The molecular formula is C21H28N2O3S. The molecule has 0 unspecified atom stereocenters. The Morgan fingerprint density at radius 3 is 2.15 bits per heavy atom. The molecule has 0 heterocycles. The van der Waals surface area contributed by atoms with Gasteiger partial charge in [-0.25, -0.2) is 13.1 Å². The van der Waals surface area contributed by atoms with Crippen molar-refractivity contribution >= 4 is 15.9 Å². The van der Waals surface area contributed by atoms with Gasteiger partial charge in [0, 0.05) is 12.0 Å². The molecule has 0 aromatic heterocycles. The largest absolute Gasteiger partial charge is 0.350 e. The number of nitrogens with one attached hydrogen (secondary N) is 2.